The Kier molecular flexibility index (Phi) is 13.8. The lowest BCUT2D eigenvalue weighted by atomic mass is 9.98. The summed E-state index contributed by atoms with van der Waals surface area (Å²) >= 11 is 12.4. The maximum atomic E-state index is 14.0. The van der Waals surface area contributed by atoms with E-state index in [1.807, 2.05) is 91.5 Å². The number of hydrogen-bond acceptors (Lipinski definition) is 7. The summed E-state index contributed by atoms with van der Waals surface area (Å²) in [6, 6.07) is 34.6. The van der Waals surface area contributed by atoms with Crippen molar-refractivity contribution in [3.05, 3.63) is 201 Å². The number of nitrogens with one attached hydrogen (secondary N) is 2. The Balaban J connectivity index is 1.02. The Morgan fingerprint density at radius 3 is 1.70 bits per heavy atom. The molecule has 4 aromatic carbocycles. The van der Waals surface area contributed by atoms with Gasteiger partial charge in [-0.05, 0) is 105 Å². The molecule has 0 spiro atoms. The molecule has 66 heavy (non-hydrogen) atoms. The molecule has 0 aliphatic carbocycles. The molecule has 8 aromatic rings. The SMILES string of the molecule is COc1ccc(CNC(=O)c2cc(-c3cc(C)cc(C)c3)cnc2-c2cccnc2)cc1OC[n+]1cccc(-c2ncc(-c3cc(C)cc(C)c3)cc2C(=O)NCc2ccc(Cl)c(Cl)c2)c1. The number of rotatable bonds is 14. The highest BCUT2D eigenvalue weighted by molar-refractivity contribution is 6.42. The van der Waals surface area contributed by atoms with Crippen LogP contribution in [-0.2, 0) is 19.8 Å². The second kappa shape index (κ2) is 20.2. The molecule has 0 aliphatic heterocycles. The molecule has 2 amide bonds. The Hall–Kier alpha value is -7.40. The third-order valence-corrected chi connectivity index (χ3v) is 11.7. The minimum absolute atomic E-state index is 0.102. The number of benzene rings is 4. The molecular formula is C54H47Cl2N6O4+. The third-order valence-electron chi connectivity index (χ3n) is 10.9. The number of aromatic nitrogens is 4. The van der Waals surface area contributed by atoms with Crippen LogP contribution < -0.4 is 24.7 Å². The van der Waals surface area contributed by atoms with Crippen LogP contribution in [-0.4, -0.2) is 33.9 Å². The fraction of sp³-hybridized carbons (Fsp3) is 0.148. The second-order valence-electron chi connectivity index (χ2n) is 16.2. The summed E-state index contributed by atoms with van der Waals surface area (Å²) in [6.07, 6.45) is 10.7. The van der Waals surface area contributed by atoms with E-state index < -0.39 is 0 Å². The molecule has 330 valence electrons. The smallest absolute Gasteiger partial charge is 0.292 e. The summed E-state index contributed by atoms with van der Waals surface area (Å²) in [5.74, 6) is 0.426. The van der Waals surface area contributed by atoms with Crippen molar-refractivity contribution in [1.29, 1.82) is 0 Å². The first-order valence-corrected chi connectivity index (χ1v) is 22.0. The van der Waals surface area contributed by atoms with Crippen LogP contribution in [0.1, 0.15) is 54.1 Å². The topological polar surface area (TPSA) is 119 Å². The van der Waals surface area contributed by atoms with E-state index in [4.69, 9.17) is 42.6 Å². The average Bonchev–Trinajstić information content (AvgIpc) is 3.32. The molecule has 0 aliphatic rings. The van der Waals surface area contributed by atoms with Crippen LogP contribution in [0.25, 0.3) is 44.8 Å². The van der Waals surface area contributed by atoms with Crippen molar-refractivity contribution in [2.75, 3.05) is 7.11 Å². The Labute approximate surface area is 394 Å². The van der Waals surface area contributed by atoms with Crippen molar-refractivity contribution >= 4 is 35.0 Å². The Morgan fingerprint density at radius 1 is 0.576 bits per heavy atom. The maximum Gasteiger partial charge on any atom is 0.292 e. The first kappa shape index (κ1) is 45.2. The summed E-state index contributed by atoms with van der Waals surface area (Å²) in [4.78, 5) is 42.0. The second-order valence-corrected chi connectivity index (χ2v) is 17.0. The standard InChI is InChI=1S/C54H46Cl2N6O4/c1-33-16-34(2)19-41(18-33)43-24-45(51(58-29-43)39-8-6-14-57-28-39)53(63)61-27-38-11-13-49(65-5)50(23-38)66-32-62-15-7-9-40(31-62)52-46(54(64)60-26-37-10-12-47(55)48(56)22-37)25-44(30-59-52)42-20-35(3)17-36(4)21-42/h6-25,28-31H,26-27,32H2,1-5H3,(H-,60,61,63,64)/p+1. The van der Waals surface area contributed by atoms with Gasteiger partial charge in [0.2, 0.25) is 0 Å². The van der Waals surface area contributed by atoms with E-state index in [1.54, 1.807) is 44.0 Å². The zero-order chi connectivity index (χ0) is 46.3. The zero-order valence-electron chi connectivity index (χ0n) is 37.2. The number of carbonyl (C=O) groups excluding carboxylic acids is 2. The minimum atomic E-state index is -0.297. The van der Waals surface area contributed by atoms with Gasteiger partial charge in [-0.3, -0.25) is 24.5 Å². The van der Waals surface area contributed by atoms with Gasteiger partial charge in [0.15, 0.2) is 23.9 Å². The Bertz CT molecular complexity index is 3070. The van der Waals surface area contributed by atoms with Crippen molar-refractivity contribution in [3.63, 3.8) is 0 Å². The van der Waals surface area contributed by atoms with Gasteiger partial charge in [-0.1, -0.05) is 94.0 Å². The highest BCUT2D eigenvalue weighted by atomic mass is 35.5. The third kappa shape index (κ3) is 10.7. The number of nitrogens with zero attached hydrogens (tertiary/aromatic N) is 4. The van der Waals surface area contributed by atoms with E-state index in [1.165, 1.54) is 0 Å². The first-order chi connectivity index (χ1) is 31.9. The maximum absolute atomic E-state index is 14.0. The molecule has 10 nitrogen and oxygen atoms in total. The lowest BCUT2D eigenvalue weighted by Crippen LogP contribution is -2.36. The lowest BCUT2D eigenvalue weighted by Gasteiger charge is -2.14. The predicted octanol–water partition coefficient (Wildman–Crippen LogP) is 11.3. The largest absolute Gasteiger partial charge is 0.493 e. The van der Waals surface area contributed by atoms with Crippen LogP contribution in [0.3, 0.4) is 0 Å². The molecule has 0 fully saturated rings. The van der Waals surface area contributed by atoms with Gasteiger partial charge in [-0.15, -0.1) is 0 Å². The van der Waals surface area contributed by atoms with Gasteiger partial charge < -0.3 is 20.1 Å². The molecule has 0 unspecified atom stereocenters. The van der Waals surface area contributed by atoms with Gasteiger partial charge in [-0.2, -0.15) is 4.57 Å². The van der Waals surface area contributed by atoms with Gasteiger partial charge in [0, 0.05) is 60.6 Å². The predicted molar refractivity (Wildman–Crippen MR) is 260 cm³/mol. The van der Waals surface area contributed by atoms with Crippen molar-refractivity contribution in [1.82, 2.24) is 25.6 Å². The van der Waals surface area contributed by atoms with E-state index in [0.717, 1.165) is 61.2 Å². The zero-order valence-corrected chi connectivity index (χ0v) is 38.7. The van der Waals surface area contributed by atoms with Gasteiger partial charge in [0.1, 0.15) is 0 Å². The molecule has 0 radical (unpaired) electrons. The highest BCUT2D eigenvalue weighted by Crippen LogP contribution is 2.32. The van der Waals surface area contributed by atoms with E-state index in [2.05, 4.69) is 65.9 Å². The minimum Gasteiger partial charge on any atom is -0.493 e. The van der Waals surface area contributed by atoms with Crippen LogP contribution in [0, 0.1) is 27.7 Å². The average molecular weight is 915 g/mol. The van der Waals surface area contributed by atoms with Gasteiger partial charge >= 0.3 is 0 Å². The quantitative estimate of drug-likeness (QED) is 0.104. The highest BCUT2D eigenvalue weighted by Gasteiger charge is 2.21. The Morgan fingerprint density at radius 2 is 1.14 bits per heavy atom. The molecule has 12 heteroatoms. The number of amides is 2. The summed E-state index contributed by atoms with van der Waals surface area (Å²) in [6.45, 7) is 8.74. The van der Waals surface area contributed by atoms with Gasteiger partial charge in [0.05, 0.1) is 45.2 Å². The summed E-state index contributed by atoms with van der Waals surface area (Å²) in [5.41, 5.74) is 13.0. The molecule has 0 saturated heterocycles. The van der Waals surface area contributed by atoms with E-state index in [-0.39, 0.29) is 31.6 Å². The van der Waals surface area contributed by atoms with Crippen LogP contribution in [0.5, 0.6) is 11.5 Å². The van der Waals surface area contributed by atoms with E-state index >= 15 is 0 Å². The number of carbonyl (C=O) groups is 2. The van der Waals surface area contributed by atoms with Crippen LogP contribution >= 0.6 is 23.2 Å². The molecule has 0 saturated carbocycles. The fourth-order valence-electron chi connectivity index (χ4n) is 7.87. The van der Waals surface area contributed by atoms with Crippen LogP contribution in [0.15, 0.2) is 146 Å². The summed E-state index contributed by atoms with van der Waals surface area (Å²) in [5, 5.41) is 6.99. The molecule has 8 rings (SSSR count). The molecule has 4 aromatic heterocycles. The van der Waals surface area contributed by atoms with E-state index in [9.17, 15) is 9.59 Å². The fourth-order valence-corrected chi connectivity index (χ4v) is 8.19. The monoisotopic (exact) mass is 913 g/mol. The van der Waals surface area contributed by atoms with Gasteiger partial charge in [-0.25, -0.2) is 0 Å². The molecular weight excluding hydrogens is 868 g/mol. The van der Waals surface area contributed by atoms with Crippen LogP contribution in [0.2, 0.25) is 10.0 Å². The number of methoxy groups -OCH3 is 1. The lowest BCUT2D eigenvalue weighted by molar-refractivity contribution is -0.724. The van der Waals surface area contributed by atoms with Crippen molar-refractivity contribution in [2.45, 2.75) is 47.5 Å². The van der Waals surface area contributed by atoms with Crippen molar-refractivity contribution in [3.8, 4) is 56.3 Å². The normalized spacial score (nSPS) is 11.0. The summed E-state index contributed by atoms with van der Waals surface area (Å²) in [7, 11) is 1.58. The van der Waals surface area contributed by atoms with Crippen LogP contribution in [0.4, 0.5) is 0 Å². The molecule has 0 atom stereocenters. The molecule has 0 bridgehead atoms. The first-order valence-electron chi connectivity index (χ1n) is 21.3. The number of ether oxygens (including phenoxy) is 2. The van der Waals surface area contributed by atoms with Gasteiger partial charge in [0.25, 0.3) is 18.5 Å². The number of aryl methyl sites for hydroxylation is 4. The molecule has 4 heterocycles. The summed E-state index contributed by atoms with van der Waals surface area (Å²) < 4.78 is 13.9. The number of halogens is 2. The van der Waals surface area contributed by atoms with Crippen molar-refractivity contribution < 1.29 is 23.6 Å². The van der Waals surface area contributed by atoms with Crippen molar-refractivity contribution in [2.24, 2.45) is 0 Å². The van der Waals surface area contributed by atoms with E-state index in [0.29, 0.717) is 49.6 Å². The number of pyridine rings is 4. The number of hydrogen-bond donors (Lipinski definition) is 2. The molecule has 2 N–H and O–H groups in total.